The van der Waals surface area contributed by atoms with Crippen molar-refractivity contribution in [1.82, 2.24) is 0 Å². The Balaban J connectivity index is 2.49. The number of carboxylic acids is 1. The molecule has 15 heavy (non-hydrogen) atoms. The van der Waals surface area contributed by atoms with Gasteiger partial charge in [0.2, 0.25) is 0 Å². The van der Waals surface area contributed by atoms with E-state index in [-0.39, 0.29) is 6.10 Å². The molecule has 0 aliphatic heterocycles. The van der Waals surface area contributed by atoms with E-state index in [1.54, 1.807) is 13.8 Å². The molecule has 0 spiro atoms. The lowest BCUT2D eigenvalue weighted by Crippen LogP contribution is -2.38. The highest BCUT2D eigenvalue weighted by atomic mass is 16.5. The van der Waals surface area contributed by atoms with Gasteiger partial charge in [0, 0.05) is 0 Å². The van der Waals surface area contributed by atoms with Crippen LogP contribution in [-0.2, 0) is 9.53 Å². The summed E-state index contributed by atoms with van der Waals surface area (Å²) in [5.74, 6) is -0.889. The highest BCUT2D eigenvalue weighted by Crippen LogP contribution is 2.21. The first-order chi connectivity index (χ1) is 7.02. The van der Waals surface area contributed by atoms with Crippen LogP contribution >= 0.6 is 0 Å². The molecule has 1 unspecified atom stereocenters. The fourth-order valence-electron chi connectivity index (χ4n) is 1.71. The molecule has 0 aromatic carbocycles. The fourth-order valence-corrected chi connectivity index (χ4v) is 1.71. The zero-order valence-electron chi connectivity index (χ0n) is 9.53. The van der Waals surface area contributed by atoms with E-state index < -0.39 is 11.6 Å². The summed E-state index contributed by atoms with van der Waals surface area (Å²) >= 11 is 0. The van der Waals surface area contributed by atoms with Gasteiger partial charge in [0.15, 0.2) is 5.60 Å². The molecule has 0 amide bonds. The molecule has 86 valence electrons. The van der Waals surface area contributed by atoms with Gasteiger partial charge in [0.25, 0.3) is 0 Å². The third-order valence-electron chi connectivity index (χ3n) is 2.70. The van der Waals surface area contributed by atoms with E-state index in [2.05, 4.69) is 12.2 Å². The van der Waals surface area contributed by atoms with E-state index in [4.69, 9.17) is 9.84 Å². The molecule has 0 heterocycles. The normalized spacial score (nSPS) is 23.2. The summed E-state index contributed by atoms with van der Waals surface area (Å²) in [6.07, 6.45) is 9.46. The van der Waals surface area contributed by atoms with Crippen molar-refractivity contribution in [1.29, 1.82) is 0 Å². The van der Waals surface area contributed by atoms with Crippen molar-refractivity contribution in [3.05, 3.63) is 12.2 Å². The minimum absolute atomic E-state index is 0.0843. The zero-order chi connectivity index (χ0) is 11.3. The van der Waals surface area contributed by atoms with Gasteiger partial charge in [-0.1, -0.05) is 12.2 Å². The van der Waals surface area contributed by atoms with Crippen molar-refractivity contribution in [3.8, 4) is 0 Å². The van der Waals surface area contributed by atoms with Crippen molar-refractivity contribution >= 4 is 5.97 Å². The first-order valence-electron chi connectivity index (χ1n) is 5.58. The molecule has 0 radical (unpaired) electrons. The number of carbonyl (C=O) groups is 1. The number of aliphatic carboxylic acids is 1. The van der Waals surface area contributed by atoms with Crippen LogP contribution in [0.3, 0.4) is 0 Å². The van der Waals surface area contributed by atoms with Crippen LogP contribution in [0.4, 0.5) is 0 Å². The smallest absolute Gasteiger partial charge is 0.335 e. The van der Waals surface area contributed by atoms with Crippen LogP contribution < -0.4 is 0 Å². The summed E-state index contributed by atoms with van der Waals surface area (Å²) in [5.41, 5.74) is -1.06. The average Bonchev–Trinajstić information content (AvgIpc) is 2.09. The van der Waals surface area contributed by atoms with E-state index >= 15 is 0 Å². The maximum atomic E-state index is 10.9. The topological polar surface area (TPSA) is 46.5 Å². The molecule has 1 aliphatic carbocycles. The van der Waals surface area contributed by atoms with Gasteiger partial charge in [-0.3, -0.25) is 0 Å². The number of hydrogen-bond acceptors (Lipinski definition) is 2. The number of rotatable bonds is 3. The summed E-state index contributed by atoms with van der Waals surface area (Å²) in [4.78, 5) is 10.9. The van der Waals surface area contributed by atoms with E-state index in [1.165, 1.54) is 0 Å². The first-order valence-corrected chi connectivity index (χ1v) is 5.58. The molecule has 0 saturated heterocycles. The summed E-state index contributed by atoms with van der Waals surface area (Å²) in [7, 11) is 0. The number of ether oxygens (including phenoxy) is 1. The quantitative estimate of drug-likeness (QED) is 0.732. The summed E-state index contributed by atoms with van der Waals surface area (Å²) in [6, 6.07) is 0. The Morgan fingerprint density at radius 2 is 2.00 bits per heavy atom. The van der Waals surface area contributed by atoms with Gasteiger partial charge >= 0.3 is 5.97 Å². The number of allylic oxidation sites excluding steroid dienone is 2. The molecule has 1 atom stereocenters. The second kappa shape index (κ2) is 5.31. The molecule has 0 fully saturated rings. The fraction of sp³-hybridized carbons (Fsp3) is 0.750. The Hall–Kier alpha value is -0.830. The highest BCUT2D eigenvalue weighted by molar-refractivity contribution is 5.76. The van der Waals surface area contributed by atoms with Crippen LogP contribution in [-0.4, -0.2) is 22.8 Å². The standard InChI is InChI=1S/C12H20O3/c1-12(2,11(13)14)15-10-8-6-4-3-5-7-9-10/h3-4,10H,5-9H2,1-2H3,(H,13,14). The summed E-state index contributed by atoms with van der Waals surface area (Å²) < 4.78 is 5.64. The summed E-state index contributed by atoms with van der Waals surface area (Å²) in [6.45, 7) is 3.23. The van der Waals surface area contributed by atoms with Gasteiger partial charge in [-0.15, -0.1) is 0 Å². The largest absolute Gasteiger partial charge is 0.479 e. The van der Waals surface area contributed by atoms with Crippen LogP contribution in [0.15, 0.2) is 12.2 Å². The summed E-state index contributed by atoms with van der Waals surface area (Å²) in [5, 5.41) is 8.96. The lowest BCUT2D eigenvalue weighted by atomic mass is 10.0. The molecular weight excluding hydrogens is 192 g/mol. The Morgan fingerprint density at radius 3 is 2.67 bits per heavy atom. The van der Waals surface area contributed by atoms with Crippen LogP contribution in [0.2, 0.25) is 0 Å². The van der Waals surface area contributed by atoms with Crippen LogP contribution in [0.1, 0.15) is 46.0 Å². The van der Waals surface area contributed by atoms with Crippen molar-refractivity contribution < 1.29 is 14.6 Å². The van der Waals surface area contributed by atoms with E-state index in [1.807, 2.05) is 0 Å². The predicted molar refractivity (Wildman–Crippen MR) is 58.8 cm³/mol. The second-order valence-electron chi connectivity index (χ2n) is 4.53. The van der Waals surface area contributed by atoms with Gasteiger partial charge < -0.3 is 9.84 Å². The van der Waals surface area contributed by atoms with Gasteiger partial charge in [0.05, 0.1) is 6.10 Å². The third-order valence-corrected chi connectivity index (χ3v) is 2.70. The maximum absolute atomic E-state index is 10.9. The van der Waals surface area contributed by atoms with Crippen LogP contribution in [0.5, 0.6) is 0 Å². The number of hydrogen-bond donors (Lipinski definition) is 1. The second-order valence-corrected chi connectivity index (χ2v) is 4.53. The van der Waals surface area contributed by atoms with Crippen LogP contribution in [0.25, 0.3) is 0 Å². The molecule has 0 bridgehead atoms. The van der Waals surface area contributed by atoms with Gasteiger partial charge in [-0.05, 0) is 46.0 Å². The average molecular weight is 212 g/mol. The molecule has 1 N–H and O–H groups in total. The maximum Gasteiger partial charge on any atom is 0.335 e. The Kier molecular flexibility index (Phi) is 4.33. The Labute approximate surface area is 91.1 Å². The van der Waals surface area contributed by atoms with Gasteiger partial charge in [-0.2, -0.15) is 0 Å². The molecule has 1 rings (SSSR count). The monoisotopic (exact) mass is 212 g/mol. The van der Waals surface area contributed by atoms with Crippen molar-refractivity contribution in [2.45, 2.75) is 57.7 Å². The molecule has 0 saturated carbocycles. The van der Waals surface area contributed by atoms with Crippen molar-refractivity contribution in [3.63, 3.8) is 0 Å². The molecular formula is C12H20O3. The van der Waals surface area contributed by atoms with E-state index in [9.17, 15) is 4.79 Å². The lowest BCUT2D eigenvalue weighted by Gasteiger charge is -2.27. The Bertz CT molecular complexity index is 243. The lowest BCUT2D eigenvalue weighted by molar-refractivity contribution is -0.169. The SMILES string of the molecule is CC(C)(OC1CCC=CCCC1)C(=O)O. The third kappa shape index (κ3) is 4.04. The van der Waals surface area contributed by atoms with Crippen LogP contribution in [0, 0.1) is 0 Å². The predicted octanol–water partition coefficient (Wildman–Crippen LogP) is 2.76. The van der Waals surface area contributed by atoms with Crippen molar-refractivity contribution in [2.24, 2.45) is 0 Å². The minimum atomic E-state index is -1.06. The Morgan fingerprint density at radius 1 is 1.33 bits per heavy atom. The van der Waals surface area contributed by atoms with Gasteiger partial charge in [0.1, 0.15) is 0 Å². The molecule has 0 aromatic heterocycles. The van der Waals surface area contributed by atoms with E-state index in [0.717, 1.165) is 32.1 Å². The first kappa shape index (κ1) is 12.2. The van der Waals surface area contributed by atoms with Crippen molar-refractivity contribution in [2.75, 3.05) is 0 Å². The number of carboxylic acid groups (broad SMARTS) is 1. The van der Waals surface area contributed by atoms with E-state index in [0.29, 0.717) is 0 Å². The van der Waals surface area contributed by atoms with Gasteiger partial charge in [-0.25, -0.2) is 4.79 Å². The molecule has 3 heteroatoms. The molecule has 0 aromatic rings. The highest BCUT2D eigenvalue weighted by Gasteiger charge is 2.31. The zero-order valence-corrected chi connectivity index (χ0v) is 9.53. The minimum Gasteiger partial charge on any atom is -0.479 e. The molecule has 1 aliphatic rings. The molecule has 3 nitrogen and oxygen atoms in total.